The first kappa shape index (κ1) is 14.9. The Labute approximate surface area is 111 Å². The highest BCUT2D eigenvalue weighted by molar-refractivity contribution is 5.82. The van der Waals surface area contributed by atoms with Gasteiger partial charge >= 0.3 is 5.97 Å². The van der Waals surface area contributed by atoms with Gasteiger partial charge in [0.05, 0.1) is 7.11 Å². The minimum Gasteiger partial charge on any atom is -0.481 e. The standard InChI is InChI=1S/C12H17N3O4/c1-8(16)15-10(12(17)18)7-13-5-9-3-4-11(19-2)14-6-9/h3-4,6,10,13H,5,7H2,1-2H3,(H,15,16)(H,17,18). The third-order valence-electron chi connectivity index (χ3n) is 2.36. The fourth-order valence-corrected chi connectivity index (χ4v) is 1.44. The van der Waals surface area contributed by atoms with Crippen LogP contribution >= 0.6 is 0 Å². The highest BCUT2D eigenvalue weighted by Gasteiger charge is 2.17. The van der Waals surface area contributed by atoms with Crippen molar-refractivity contribution in [3.05, 3.63) is 23.9 Å². The number of ether oxygens (including phenoxy) is 1. The van der Waals surface area contributed by atoms with Crippen molar-refractivity contribution in [2.75, 3.05) is 13.7 Å². The van der Waals surface area contributed by atoms with Crippen LogP contribution in [-0.2, 0) is 16.1 Å². The highest BCUT2D eigenvalue weighted by atomic mass is 16.5. The van der Waals surface area contributed by atoms with E-state index in [0.29, 0.717) is 12.4 Å². The number of carboxylic acids is 1. The van der Waals surface area contributed by atoms with E-state index in [1.807, 2.05) is 6.07 Å². The van der Waals surface area contributed by atoms with Gasteiger partial charge in [0.25, 0.3) is 0 Å². The minimum absolute atomic E-state index is 0.140. The molecule has 0 aliphatic carbocycles. The zero-order chi connectivity index (χ0) is 14.3. The number of rotatable bonds is 7. The molecule has 3 N–H and O–H groups in total. The molecular formula is C12H17N3O4. The quantitative estimate of drug-likeness (QED) is 0.631. The number of carbonyl (C=O) groups excluding carboxylic acids is 1. The lowest BCUT2D eigenvalue weighted by atomic mass is 10.2. The Morgan fingerprint density at radius 1 is 1.47 bits per heavy atom. The second-order valence-corrected chi connectivity index (χ2v) is 3.93. The molecule has 0 saturated heterocycles. The Bertz CT molecular complexity index is 433. The summed E-state index contributed by atoms with van der Waals surface area (Å²) in [6.07, 6.45) is 1.64. The van der Waals surface area contributed by atoms with Crippen molar-refractivity contribution in [1.82, 2.24) is 15.6 Å². The number of aliphatic carboxylic acids is 1. The number of amides is 1. The Balaban J connectivity index is 2.42. The average molecular weight is 267 g/mol. The van der Waals surface area contributed by atoms with Gasteiger partial charge in [-0.05, 0) is 5.56 Å². The van der Waals surface area contributed by atoms with Crippen LogP contribution < -0.4 is 15.4 Å². The van der Waals surface area contributed by atoms with Gasteiger partial charge in [0, 0.05) is 32.3 Å². The maximum absolute atomic E-state index is 10.9. The molecule has 1 rings (SSSR count). The lowest BCUT2D eigenvalue weighted by Gasteiger charge is -2.14. The molecule has 1 atom stereocenters. The summed E-state index contributed by atoms with van der Waals surface area (Å²) < 4.78 is 4.93. The van der Waals surface area contributed by atoms with Gasteiger partial charge in [-0.15, -0.1) is 0 Å². The maximum Gasteiger partial charge on any atom is 0.327 e. The monoisotopic (exact) mass is 267 g/mol. The zero-order valence-corrected chi connectivity index (χ0v) is 10.8. The molecule has 7 nitrogen and oxygen atoms in total. The van der Waals surface area contributed by atoms with Crippen molar-refractivity contribution in [3.8, 4) is 5.88 Å². The van der Waals surface area contributed by atoms with Crippen molar-refractivity contribution in [1.29, 1.82) is 0 Å². The Hall–Kier alpha value is -2.15. The summed E-state index contributed by atoms with van der Waals surface area (Å²) in [6.45, 7) is 1.88. The molecule has 0 radical (unpaired) electrons. The fourth-order valence-electron chi connectivity index (χ4n) is 1.44. The molecule has 0 aliphatic rings. The molecule has 0 aromatic carbocycles. The second kappa shape index (κ2) is 7.32. The Morgan fingerprint density at radius 3 is 2.68 bits per heavy atom. The lowest BCUT2D eigenvalue weighted by molar-refractivity contribution is -0.141. The summed E-state index contributed by atoms with van der Waals surface area (Å²) >= 11 is 0. The van der Waals surface area contributed by atoms with Crippen LogP contribution in [0.1, 0.15) is 12.5 Å². The molecule has 7 heteroatoms. The molecule has 1 unspecified atom stereocenters. The molecule has 1 amide bonds. The molecule has 1 aromatic rings. The highest BCUT2D eigenvalue weighted by Crippen LogP contribution is 2.06. The van der Waals surface area contributed by atoms with Crippen LogP contribution in [0.2, 0.25) is 0 Å². The minimum atomic E-state index is -1.07. The molecule has 0 aliphatic heterocycles. The number of pyridine rings is 1. The summed E-state index contributed by atoms with van der Waals surface area (Å²) in [5.74, 6) is -0.929. The predicted molar refractivity (Wildman–Crippen MR) is 67.7 cm³/mol. The summed E-state index contributed by atoms with van der Waals surface area (Å²) in [5.41, 5.74) is 0.896. The number of nitrogens with one attached hydrogen (secondary N) is 2. The Morgan fingerprint density at radius 2 is 2.21 bits per heavy atom. The van der Waals surface area contributed by atoms with Crippen LogP contribution in [0.5, 0.6) is 5.88 Å². The normalized spacial score (nSPS) is 11.7. The zero-order valence-electron chi connectivity index (χ0n) is 10.8. The van der Waals surface area contributed by atoms with Crippen LogP contribution in [-0.4, -0.2) is 41.7 Å². The predicted octanol–water partition coefficient (Wildman–Crippen LogP) is -0.231. The maximum atomic E-state index is 10.9. The van der Waals surface area contributed by atoms with Gasteiger partial charge in [0.15, 0.2) is 0 Å². The van der Waals surface area contributed by atoms with Gasteiger partial charge in [-0.3, -0.25) is 4.79 Å². The SMILES string of the molecule is COc1ccc(CNCC(NC(C)=O)C(=O)O)cn1. The van der Waals surface area contributed by atoms with Crippen LogP contribution in [0, 0.1) is 0 Å². The van der Waals surface area contributed by atoms with E-state index in [2.05, 4.69) is 15.6 Å². The van der Waals surface area contributed by atoms with E-state index in [-0.39, 0.29) is 12.5 Å². The molecule has 0 spiro atoms. The second-order valence-electron chi connectivity index (χ2n) is 3.93. The van der Waals surface area contributed by atoms with Crippen LogP contribution in [0.15, 0.2) is 18.3 Å². The van der Waals surface area contributed by atoms with Crippen LogP contribution in [0.3, 0.4) is 0 Å². The number of carbonyl (C=O) groups is 2. The molecular weight excluding hydrogens is 250 g/mol. The van der Waals surface area contributed by atoms with Crippen molar-refractivity contribution in [2.45, 2.75) is 19.5 Å². The topological polar surface area (TPSA) is 101 Å². The van der Waals surface area contributed by atoms with E-state index in [1.54, 1.807) is 12.3 Å². The summed E-state index contributed by atoms with van der Waals surface area (Å²) in [6, 6.07) is 2.61. The van der Waals surface area contributed by atoms with E-state index in [9.17, 15) is 9.59 Å². The summed E-state index contributed by atoms with van der Waals surface area (Å²) in [5, 5.41) is 14.2. The summed E-state index contributed by atoms with van der Waals surface area (Å²) in [7, 11) is 1.53. The van der Waals surface area contributed by atoms with Crippen LogP contribution in [0.4, 0.5) is 0 Å². The molecule has 104 valence electrons. The summed E-state index contributed by atoms with van der Waals surface area (Å²) in [4.78, 5) is 25.7. The number of methoxy groups -OCH3 is 1. The van der Waals surface area contributed by atoms with Gasteiger partial charge in [0.1, 0.15) is 6.04 Å². The van der Waals surface area contributed by atoms with E-state index >= 15 is 0 Å². The van der Waals surface area contributed by atoms with E-state index in [1.165, 1.54) is 14.0 Å². The first-order chi connectivity index (χ1) is 9.02. The molecule has 0 saturated carbocycles. The average Bonchev–Trinajstić information content (AvgIpc) is 2.37. The van der Waals surface area contributed by atoms with Crippen molar-refractivity contribution in [2.24, 2.45) is 0 Å². The first-order valence-electron chi connectivity index (χ1n) is 5.72. The van der Waals surface area contributed by atoms with Crippen molar-refractivity contribution >= 4 is 11.9 Å². The number of hydrogen-bond acceptors (Lipinski definition) is 5. The van der Waals surface area contributed by atoms with E-state index in [4.69, 9.17) is 9.84 Å². The number of aromatic nitrogens is 1. The number of carboxylic acid groups (broad SMARTS) is 1. The molecule has 1 heterocycles. The van der Waals surface area contributed by atoms with Gasteiger partial charge in [-0.2, -0.15) is 0 Å². The molecule has 0 bridgehead atoms. The first-order valence-corrected chi connectivity index (χ1v) is 5.72. The van der Waals surface area contributed by atoms with Gasteiger partial charge in [-0.25, -0.2) is 9.78 Å². The third kappa shape index (κ3) is 5.35. The third-order valence-corrected chi connectivity index (χ3v) is 2.36. The molecule has 0 fully saturated rings. The van der Waals surface area contributed by atoms with Gasteiger partial charge in [-0.1, -0.05) is 6.07 Å². The molecule has 19 heavy (non-hydrogen) atoms. The number of hydrogen-bond donors (Lipinski definition) is 3. The van der Waals surface area contributed by atoms with E-state index < -0.39 is 12.0 Å². The fraction of sp³-hybridized carbons (Fsp3) is 0.417. The van der Waals surface area contributed by atoms with Crippen molar-refractivity contribution in [3.63, 3.8) is 0 Å². The Kier molecular flexibility index (Phi) is 5.74. The van der Waals surface area contributed by atoms with Gasteiger partial charge in [0.2, 0.25) is 11.8 Å². The smallest absolute Gasteiger partial charge is 0.327 e. The van der Waals surface area contributed by atoms with Crippen molar-refractivity contribution < 1.29 is 19.4 Å². The largest absolute Gasteiger partial charge is 0.481 e. The van der Waals surface area contributed by atoms with E-state index in [0.717, 1.165) is 5.56 Å². The van der Waals surface area contributed by atoms with Crippen LogP contribution in [0.25, 0.3) is 0 Å². The van der Waals surface area contributed by atoms with Gasteiger partial charge < -0.3 is 20.5 Å². The molecule has 1 aromatic heterocycles. The number of nitrogens with zero attached hydrogens (tertiary/aromatic N) is 1. The lowest BCUT2D eigenvalue weighted by Crippen LogP contribution is -2.46.